The predicted molar refractivity (Wildman–Crippen MR) is 145 cm³/mol. The highest BCUT2D eigenvalue weighted by atomic mass is 31.1. The number of benzene rings is 2. The monoisotopic (exact) mass is 591 g/mol. The SMILES string of the molecule is Cc1ccc(O[PH](=O)N(OC[C@H]2O[C@@H](n3ccc(=O)[nH]c3=O)[C@](C)(F)[C@@H]2O)C(C)C(=O)OCc2ccccc2)cc1. The molecule has 2 unspecified atom stereocenters. The second-order valence-corrected chi connectivity index (χ2v) is 10.9. The molecule has 1 aliphatic heterocycles. The molecule has 1 fully saturated rings. The van der Waals surface area contributed by atoms with Gasteiger partial charge in [-0.1, -0.05) is 52.9 Å². The first-order valence-electron chi connectivity index (χ1n) is 12.7. The third kappa shape index (κ3) is 7.19. The topological polar surface area (TPSA) is 149 Å². The van der Waals surface area contributed by atoms with Crippen molar-refractivity contribution >= 4 is 14.1 Å². The number of carbonyl (C=O) groups excluding carboxylic acids is 1. The molecule has 1 saturated heterocycles. The normalized spacial score (nSPS) is 23.7. The Balaban J connectivity index is 1.50. The number of esters is 1. The van der Waals surface area contributed by atoms with E-state index >= 15 is 4.39 Å². The number of aromatic amines is 1. The summed E-state index contributed by atoms with van der Waals surface area (Å²) in [6.45, 7) is 3.68. The number of ether oxygens (including phenoxy) is 2. The molecule has 0 aliphatic carbocycles. The molecule has 0 amide bonds. The Hall–Kier alpha value is -3.61. The molecule has 0 spiro atoms. The van der Waals surface area contributed by atoms with Crippen LogP contribution in [-0.4, -0.2) is 56.0 Å². The number of hydrogen-bond donors (Lipinski definition) is 2. The highest BCUT2D eigenvalue weighted by molar-refractivity contribution is 7.36. The van der Waals surface area contributed by atoms with Gasteiger partial charge < -0.3 is 19.1 Å². The zero-order valence-corrected chi connectivity index (χ0v) is 23.6. The maximum atomic E-state index is 15.6. The summed E-state index contributed by atoms with van der Waals surface area (Å²) in [4.78, 5) is 45.0. The lowest BCUT2D eigenvalue weighted by molar-refractivity contribution is -0.181. The molecule has 220 valence electrons. The minimum atomic E-state index is -3.30. The molecule has 14 heteroatoms. The molecule has 41 heavy (non-hydrogen) atoms. The maximum absolute atomic E-state index is 15.6. The number of rotatable bonds is 11. The van der Waals surface area contributed by atoms with Crippen LogP contribution in [0.3, 0.4) is 0 Å². The zero-order valence-electron chi connectivity index (χ0n) is 22.6. The first kappa shape index (κ1) is 30.4. The Morgan fingerprint density at radius 2 is 1.88 bits per heavy atom. The number of aliphatic hydroxyl groups is 1. The highest BCUT2D eigenvalue weighted by Gasteiger charge is 2.55. The van der Waals surface area contributed by atoms with E-state index in [9.17, 15) is 24.1 Å². The summed E-state index contributed by atoms with van der Waals surface area (Å²) in [6.07, 6.45) is -3.73. The molecule has 3 aromatic rings. The number of hydroxylamine groups is 1. The van der Waals surface area contributed by atoms with Crippen LogP contribution in [0.5, 0.6) is 5.75 Å². The largest absolute Gasteiger partial charge is 0.460 e. The number of alkyl halides is 1. The average molecular weight is 592 g/mol. The third-order valence-corrected chi connectivity index (χ3v) is 7.81. The van der Waals surface area contributed by atoms with Crippen molar-refractivity contribution in [3.63, 3.8) is 0 Å². The Labute approximate surface area is 235 Å². The number of nitrogens with one attached hydrogen (secondary N) is 1. The molecule has 2 aromatic carbocycles. The molecule has 1 aliphatic rings. The van der Waals surface area contributed by atoms with Crippen molar-refractivity contribution in [1.29, 1.82) is 0 Å². The lowest BCUT2D eigenvalue weighted by Gasteiger charge is -2.27. The van der Waals surface area contributed by atoms with Gasteiger partial charge >= 0.3 is 19.8 Å². The molecular weight excluding hydrogens is 560 g/mol. The molecule has 1 aromatic heterocycles. The van der Waals surface area contributed by atoms with Crippen molar-refractivity contribution in [3.05, 3.63) is 98.8 Å². The molecule has 0 bridgehead atoms. The number of nitrogens with zero attached hydrogens (tertiary/aromatic N) is 2. The minimum absolute atomic E-state index is 0.0438. The van der Waals surface area contributed by atoms with E-state index < -0.39 is 62.2 Å². The van der Waals surface area contributed by atoms with Crippen molar-refractivity contribution in [3.8, 4) is 5.75 Å². The second kappa shape index (κ2) is 12.9. The summed E-state index contributed by atoms with van der Waals surface area (Å²) < 4.78 is 46.2. The van der Waals surface area contributed by atoms with Crippen molar-refractivity contribution < 1.29 is 37.7 Å². The molecular formula is C27H31FN3O9P. The Bertz CT molecular complexity index is 1480. The van der Waals surface area contributed by atoms with E-state index in [-0.39, 0.29) is 12.4 Å². The number of aryl methyl sites for hydroxylation is 1. The molecule has 0 saturated carbocycles. The second-order valence-electron chi connectivity index (χ2n) is 9.71. The predicted octanol–water partition coefficient (Wildman–Crippen LogP) is 2.67. The molecule has 2 heterocycles. The van der Waals surface area contributed by atoms with E-state index in [0.717, 1.165) is 39.7 Å². The first-order valence-corrected chi connectivity index (χ1v) is 14.0. The third-order valence-electron chi connectivity index (χ3n) is 6.52. The van der Waals surface area contributed by atoms with Crippen molar-refractivity contribution in [2.75, 3.05) is 6.61 Å². The summed E-state index contributed by atoms with van der Waals surface area (Å²) in [5.41, 5.74) is -2.43. The summed E-state index contributed by atoms with van der Waals surface area (Å²) in [6, 6.07) is 15.4. The van der Waals surface area contributed by atoms with Gasteiger partial charge in [0.25, 0.3) is 5.56 Å². The molecule has 12 nitrogen and oxygen atoms in total. The standard InChI is InChI=1S/C27H31FN3O9P/c1-17-9-11-20(12-10-17)40-41(36)31(18(2)24(34)37-15-19-7-5-4-6-8-19)38-16-21-23(33)27(3,28)25(39-21)30-14-13-22(32)29-26(30)35/h4-14,18,21,23,25,33,41H,15-16H2,1-3H3,(H,29,32,35)/t18?,21-,23-,25-,27-/m1/s1. The fourth-order valence-corrected chi connectivity index (χ4v) is 5.17. The van der Waals surface area contributed by atoms with Gasteiger partial charge in [0.1, 0.15) is 30.6 Å². The number of halogens is 1. The summed E-state index contributed by atoms with van der Waals surface area (Å²) in [5.74, 6) is -0.524. The van der Waals surface area contributed by atoms with Gasteiger partial charge in [-0.2, -0.15) is 0 Å². The molecule has 2 N–H and O–H groups in total. The van der Waals surface area contributed by atoms with Crippen LogP contribution in [0, 0.1) is 6.92 Å². The Morgan fingerprint density at radius 1 is 1.20 bits per heavy atom. The molecule has 4 rings (SSSR count). The Kier molecular flexibility index (Phi) is 9.57. The summed E-state index contributed by atoms with van der Waals surface area (Å²) >= 11 is 0. The Morgan fingerprint density at radius 3 is 2.54 bits per heavy atom. The number of aliphatic hydroxyl groups excluding tert-OH is 1. The van der Waals surface area contributed by atoms with Crippen LogP contribution in [0.1, 0.15) is 31.2 Å². The average Bonchev–Trinajstić information content (AvgIpc) is 3.17. The van der Waals surface area contributed by atoms with E-state index in [1.165, 1.54) is 6.92 Å². The van der Waals surface area contributed by atoms with Crippen LogP contribution >= 0.6 is 8.18 Å². The first-order chi connectivity index (χ1) is 19.5. The highest BCUT2D eigenvalue weighted by Crippen LogP contribution is 2.41. The van der Waals surface area contributed by atoms with Crippen LogP contribution in [-0.2, 0) is 30.3 Å². The molecule has 0 radical (unpaired) electrons. The number of hydrogen-bond acceptors (Lipinski definition) is 9. The van der Waals surface area contributed by atoms with Crippen LogP contribution in [0.4, 0.5) is 4.39 Å². The molecule has 6 atom stereocenters. The number of aromatic nitrogens is 2. The van der Waals surface area contributed by atoms with Crippen LogP contribution in [0.15, 0.2) is 76.4 Å². The van der Waals surface area contributed by atoms with Gasteiger partial charge in [0.05, 0.1) is 6.61 Å². The van der Waals surface area contributed by atoms with Crippen molar-refractivity contribution in [2.45, 2.75) is 57.5 Å². The zero-order chi connectivity index (χ0) is 29.7. The van der Waals surface area contributed by atoms with Gasteiger partial charge in [-0.3, -0.25) is 28.5 Å². The van der Waals surface area contributed by atoms with E-state index in [0.29, 0.717) is 0 Å². The van der Waals surface area contributed by atoms with Crippen molar-refractivity contribution in [2.24, 2.45) is 0 Å². The van der Waals surface area contributed by atoms with Crippen LogP contribution < -0.4 is 15.8 Å². The van der Waals surface area contributed by atoms with Crippen LogP contribution in [0.25, 0.3) is 0 Å². The lowest BCUT2D eigenvalue weighted by atomic mass is 9.98. The van der Waals surface area contributed by atoms with Crippen molar-refractivity contribution in [1.82, 2.24) is 14.4 Å². The fourth-order valence-electron chi connectivity index (χ4n) is 4.14. The van der Waals surface area contributed by atoms with Gasteiger partial charge in [-0.05, 0) is 38.5 Å². The van der Waals surface area contributed by atoms with Gasteiger partial charge in [0.15, 0.2) is 11.9 Å². The van der Waals surface area contributed by atoms with Gasteiger partial charge in [0.2, 0.25) is 0 Å². The number of carbonyl (C=O) groups is 1. The summed E-state index contributed by atoms with van der Waals surface area (Å²) in [7, 11) is -3.30. The number of H-pyrrole nitrogens is 1. The van der Waals surface area contributed by atoms with E-state index in [1.807, 2.05) is 18.0 Å². The fraction of sp³-hybridized carbons (Fsp3) is 0.370. The summed E-state index contributed by atoms with van der Waals surface area (Å²) in [5, 5.41) is 10.7. The lowest BCUT2D eigenvalue weighted by Crippen LogP contribution is -2.44. The van der Waals surface area contributed by atoms with E-state index in [1.54, 1.807) is 48.5 Å². The van der Waals surface area contributed by atoms with Crippen LogP contribution in [0.2, 0.25) is 0 Å². The van der Waals surface area contributed by atoms with Gasteiger partial charge in [-0.25, -0.2) is 9.18 Å². The smallest absolute Gasteiger partial charge is 0.331 e. The van der Waals surface area contributed by atoms with Gasteiger partial charge in [-0.15, -0.1) is 0 Å². The van der Waals surface area contributed by atoms with Gasteiger partial charge in [0, 0.05) is 12.3 Å². The minimum Gasteiger partial charge on any atom is -0.460 e. The van der Waals surface area contributed by atoms with E-state index in [4.69, 9.17) is 18.8 Å². The quantitative estimate of drug-likeness (QED) is 0.194. The van der Waals surface area contributed by atoms with E-state index in [2.05, 4.69) is 0 Å². The maximum Gasteiger partial charge on any atom is 0.331 e.